The lowest BCUT2D eigenvalue weighted by molar-refractivity contribution is -0.127. The van der Waals surface area contributed by atoms with Crippen LogP contribution in [0.4, 0.5) is 4.79 Å². The lowest BCUT2D eigenvalue weighted by Gasteiger charge is -2.25. The maximum Gasteiger partial charge on any atom is 0.314 e. The number of nitrogens with one attached hydrogen (secondary N) is 2. The van der Waals surface area contributed by atoms with E-state index in [0.29, 0.717) is 25.4 Å². The number of benzene rings is 1. The molecule has 0 bridgehead atoms. The molecule has 1 atom stereocenters. The summed E-state index contributed by atoms with van der Waals surface area (Å²) in [4.78, 5) is 25.3. The fourth-order valence-electron chi connectivity index (χ4n) is 3.76. The molecular formula is C19H27N3O2. The molecule has 3 amide bonds. The van der Waals surface area contributed by atoms with Gasteiger partial charge in [0.15, 0.2) is 0 Å². The molecule has 5 heteroatoms. The third kappa shape index (κ3) is 4.28. The van der Waals surface area contributed by atoms with Crippen molar-refractivity contribution >= 4 is 11.9 Å². The van der Waals surface area contributed by atoms with E-state index >= 15 is 0 Å². The Labute approximate surface area is 143 Å². The zero-order chi connectivity index (χ0) is 16.8. The summed E-state index contributed by atoms with van der Waals surface area (Å²) >= 11 is 0. The van der Waals surface area contributed by atoms with Crippen LogP contribution in [0.15, 0.2) is 24.3 Å². The second kappa shape index (κ2) is 8.18. The van der Waals surface area contributed by atoms with Gasteiger partial charge in [0.1, 0.15) is 0 Å². The highest BCUT2D eigenvalue weighted by Crippen LogP contribution is 2.30. The highest BCUT2D eigenvalue weighted by atomic mass is 16.2. The highest BCUT2D eigenvalue weighted by molar-refractivity contribution is 5.78. The first kappa shape index (κ1) is 16.8. The summed E-state index contributed by atoms with van der Waals surface area (Å²) in [5.74, 6) is 0.665. The molecule has 1 aliphatic heterocycles. The molecule has 0 spiro atoms. The number of likely N-dealkylation sites (tertiary alicyclic amines) is 1. The van der Waals surface area contributed by atoms with Crippen molar-refractivity contribution in [2.24, 2.45) is 0 Å². The topological polar surface area (TPSA) is 61.4 Å². The number of hydrogen-bond donors (Lipinski definition) is 2. The smallest absolute Gasteiger partial charge is 0.314 e. The minimum Gasteiger partial charge on any atom is -0.343 e. The van der Waals surface area contributed by atoms with Crippen molar-refractivity contribution in [3.8, 4) is 0 Å². The molecule has 1 aliphatic carbocycles. The van der Waals surface area contributed by atoms with Crippen LogP contribution < -0.4 is 10.6 Å². The average Bonchev–Trinajstić information content (AvgIpc) is 3.02. The highest BCUT2D eigenvalue weighted by Gasteiger charge is 2.20. The molecule has 0 saturated carbocycles. The molecule has 130 valence electrons. The van der Waals surface area contributed by atoms with Gasteiger partial charge in [0.25, 0.3) is 0 Å². The molecule has 5 nitrogen and oxygen atoms in total. The summed E-state index contributed by atoms with van der Waals surface area (Å²) in [7, 11) is 0. The summed E-state index contributed by atoms with van der Waals surface area (Å²) in [6.45, 7) is 2.91. The summed E-state index contributed by atoms with van der Waals surface area (Å²) in [5, 5.41) is 5.90. The van der Waals surface area contributed by atoms with Crippen molar-refractivity contribution in [1.29, 1.82) is 0 Å². The van der Waals surface area contributed by atoms with Crippen LogP contribution in [0.3, 0.4) is 0 Å². The lowest BCUT2D eigenvalue weighted by atomic mass is 9.83. The van der Waals surface area contributed by atoms with Gasteiger partial charge in [-0.05, 0) is 43.2 Å². The van der Waals surface area contributed by atoms with Gasteiger partial charge in [-0.15, -0.1) is 0 Å². The van der Waals surface area contributed by atoms with Crippen LogP contribution in [0.2, 0.25) is 0 Å². The molecule has 2 aliphatic rings. The van der Waals surface area contributed by atoms with Crippen molar-refractivity contribution in [2.45, 2.75) is 44.4 Å². The van der Waals surface area contributed by atoms with Gasteiger partial charge in [0, 0.05) is 38.5 Å². The Kier molecular flexibility index (Phi) is 5.72. The predicted octanol–water partition coefficient (Wildman–Crippen LogP) is 2.42. The summed E-state index contributed by atoms with van der Waals surface area (Å²) in [6, 6.07) is 8.45. The van der Waals surface area contributed by atoms with E-state index in [-0.39, 0.29) is 11.9 Å². The molecule has 1 fully saturated rings. The maximum atomic E-state index is 12.0. The Bertz CT molecular complexity index is 588. The number of hydrogen-bond acceptors (Lipinski definition) is 2. The predicted molar refractivity (Wildman–Crippen MR) is 94.0 cm³/mol. The van der Waals surface area contributed by atoms with E-state index in [1.54, 1.807) is 0 Å². The number of rotatable bonds is 6. The summed E-state index contributed by atoms with van der Waals surface area (Å²) in [6.07, 6.45) is 5.93. The van der Waals surface area contributed by atoms with Gasteiger partial charge in [0.2, 0.25) is 5.91 Å². The molecule has 1 heterocycles. The Morgan fingerprint density at radius 2 is 2.04 bits per heavy atom. The number of amides is 3. The maximum absolute atomic E-state index is 12.0. The Morgan fingerprint density at radius 3 is 2.88 bits per heavy atom. The second-order valence-electron chi connectivity index (χ2n) is 6.76. The number of carbonyl (C=O) groups is 2. The number of carbonyl (C=O) groups excluding carboxylic acids is 2. The van der Waals surface area contributed by atoms with Crippen molar-refractivity contribution in [1.82, 2.24) is 15.5 Å². The van der Waals surface area contributed by atoms with Crippen LogP contribution in [0.1, 0.15) is 49.1 Å². The van der Waals surface area contributed by atoms with E-state index in [9.17, 15) is 9.59 Å². The van der Waals surface area contributed by atoms with Crippen molar-refractivity contribution < 1.29 is 9.59 Å². The first-order valence-corrected chi connectivity index (χ1v) is 9.11. The van der Waals surface area contributed by atoms with Crippen molar-refractivity contribution in [3.05, 3.63) is 35.4 Å². The molecule has 0 radical (unpaired) electrons. The standard InChI is InChI=1S/C19H27N3O2/c23-18-10-4-12-22(18)13-5-11-20-19(24)21-14-16-8-3-7-15-6-1-2-9-17(15)16/h1-2,6,9,16H,3-5,7-8,10-14H2,(H2,20,21,24). The molecule has 1 aromatic rings. The average molecular weight is 329 g/mol. The molecule has 1 aromatic carbocycles. The van der Waals surface area contributed by atoms with Gasteiger partial charge in [-0.2, -0.15) is 0 Å². The van der Waals surface area contributed by atoms with Crippen LogP contribution in [-0.2, 0) is 11.2 Å². The van der Waals surface area contributed by atoms with Gasteiger partial charge in [0.05, 0.1) is 0 Å². The molecule has 24 heavy (non-hydrogen) atoms. The summed E-state index contributed by atoms with van der Waals surface area (Å²) < 4.78 is 0. The first-order valence-electron chi connectivity index (χ1n) is 9.11. The normalized spacial score (nSPS) is 19.9. The largest absolute Gasteiger partial charge is 0.343 e. The Morgan fingerprint density at radius 1 is 1.17 bits per heavy atom. The van der Waals surface area contributed by atoms with Gasteiger partial charge in [-0.25, -0.2) is 4.79 Å². The molecule has 1 saturated heterocycles. The van der Waals surface area contributed by atoms with Gasteiger partial charge in [-0.1, -0.05) is 24.3 Å². The van der Waals surface area contributed by atoms with Crippen LogP contribution in [0.25, 0.3) is 0 Å². The monoisotopic (exact) mass is 329 g/mol. The van der Waals surface area contributed by atoms with Crippen molar-refractivity contribution in [2.75, 3.05) is 26.2 Å². The number of fused-ring (bicyclic) bond motifs is 1. The zero-order valence-electron chi connectivity index (χ0n) is 14.2. The number of urea groups is 1. The summed E-state index contributed by atoms with van der Waals surface area (Å²) in [5.41, 5.74) is 2.81. The third-order valence-electron chi connectivity index (χ3n) is 5.06. The van der Waals surface area contributed by atoms with E-state index in [1.807, 2.05) is 4.90 Å². The number of aryl methyl sites for hydroxylation is 1. The van der Waals surface area contributed by atoms with Crippen LogP contribution >= 0.6 is 0 Å². The Balaban J connectivity index is 1.35. The fraction of sp³-hybridized carbons (Fsp3) is 0.579. The SMILES string of the molecule is O=C(NCCCN1CCCC1=O)NCC1CCCc2ccccc21. The molecule has 0 aromatic heterocycles. The van der Waals surface area contributed by atoms with Gasteiger partial charge in [-0.3, -0.25) is 4.79 Å². The Hall–Kier alpha value is -2.04. The van der Waals surface area contributed by atoms with E-state index in [1.165, 1.54) is 17.5 Å². The van der Waals surface area contributed by atoms with E-state index < -0.39 is 0 Å². The fourth-order valence-corrected chi connectivity index (χ4v) is 3.76. The van der Waals surface area contributed by atoms with Gasteiger partial charge < -0.3 is 15.5 Å². The third-order valence-corrected chi connectivity index (χ3v) is 5.06. The van der Waals surface area contributed by atoms with Gasteiger partial charge >= 0.3 is 6.03 Å². The minimum atomic E-state index is -0.106. The molecule has 2 N–H and O–H groups in total. The second-order valence-corrected chi connectivity index (χ2v) is 6.76. The minimum absolute atomic E-state index is 0.106. The molecule has 1 unspecified atom stereocenters. The molecule has 3 rings (SSSR count). The lowest BCUT2D eigenvalue weighted by Crippen LogP contribution is -2.39. The quantitative estimate of drug-likeness (QED) is 0.787. The van der Waals surface area contributed by atoms with E-state index in [2.05, 4.69) is 34.9 Å². The number of nitrogens with zero attached hydrogens (tertiary/aromatic N) is 1. The molecular weight excluding hydrogens is 302 g/mol. The van der Waals surface area contributed by atoms with Crippen molar-refractivity contribution in [3.63, 3.8) is 0 Å². The van der Waals surface area contributed by atoms with E-state index in [4.69, 9.17) is 0 Å². The first-order chi connectivity index (χ1) is 11.7. The van der Waals surface area contributed by atoms with Crippen LogP contribution in [0, 0.1) is 0 Å². The van der Waals surface area contributed by atoms with Crippen LogP contribution in [-0.4, -0.2) is 43.0 Å². The zero-order valence-corrected chi connectivity index (χ0v) is 14.2. The van der Waals surface area contributed by atoms with E-state index in [0.717, 1.165) is 38.8 Å². The van der Waals surface area contributed by atoms with Crippen LogP contribution in [0.5, 0.6) is 0 Å².